The molecule has 0 aromatic carbocycles. The van der Waals surface area contributed by atoms with Crippen molar-refractivity contribution in [2.75, 3.05) is 0 Å². The average molecular weight is 248 g/mol. The van der Waals surface area contributed by atoms with Crippen LogP contribution in [0.15, 0.2) is 42.2 Å². The third-order valence-corrected chi connectivity index (χ3v) is 0.978. The van der Waals surface area contributed by atoms with Crippen molar-refractivity contribution in [3.63, 3.8) is 0 Å². The first-order valence-electron chi connectivity index (χ1n) is 2.51. The Labute approximate surface area is 84.9 Å². The van der Waals surface area contributed by atoms with E-state index in [1.807, 2.05) is 30.7 Å². The van der Waals surface area contributed by atoms with Gasteiger partial charge in [-0.3, -0.25) is 0 Å². The summed E-state index contributed by atoms with van der Waals surface area (Å²) in [5, 5.41) is 0. The molecule has 0 fully saturated rings. The van der Waals surface area contributed by atoms with Crippen molar-refractivity contribution in [1.82, 2.24) is 0 Å². The smallest absolute Gasteiger partial charge is 0.0204 e. The van der Waals surface area contributed by atoms with Crippen molar-refractivity contribution in [3.05, 3.63) is 48.6 Å². The SMILES string of the molecule is C=C=C1[CH]C=CC=C1.[Br-].[Zn]. The predicted molar refractivity (Wildman–Crippen MR) is 35.2 cm³/mol. The summed E-state index contributed by atoms with van der Waals surface area (Å²) < 4.78 is 0. The standard InChI is InChI=1S/C8H7.BrH.Zn/c1-2-8-6-4-3-5-7-8;;/h3-7H,1H2;1H;/p-1. The minimum absolute atomic E-state index is 0. The number of hydrogen-bond donors (Lipinski definition) is 0. The molecule has 2 heteroatoms. The van der Waals surface area contributed by atoms with Gasteiger partial charge < -0.3 is 17.0 Å². The largest absolute Gasteiger partial charge is 1.00 e. The molecule has 49 valence electrons. The number of hydrogen-bond acceptors (Lipinski definition) is 0. The van der Waals surface area contributed by atoms with Gasteiger partial charge >= 0.3 is 0 Å². The molecule has 0 heterocycles. The maximum absolute atomic E-state index is 3.51. The molecule has 0 aromatic rings. The Bertz CT molecular complexity index is 185. The van der Waals surface area contributed by atoms with E-state index in [0.717, 1.165) is 5.57 Å². The normalized spacial score (nSPS) is 13.0. The molecule has 10 heavy (non-hydrogen) atoms. The summed E-state index contributed by atoms with van der Waals surface area (Å²) in [4.78, 5) is 0. The van der Waals surface area contributed by atoms with Gasteiger partial charge in [0.15, 0.2) is 0 Å². The molecule has 1 aliphatic rings. The van der Waals surface area contributed by atoms with E-state index in [-0.39, 0.29) is 36.5 Å². The van der Waals surface area contributed by atoms with Gasteiger partial charge in [0, 0.05) is 31.5 Å². The molecule has 0 saturated carbocycles. The van der Waals surface area contributed by atoms with Gasteiger partial charge in [-0.25, -0.2) is 0 Å². The zero-order chi connectivity index (χ0) is 5.82. The van der Waals surface area contributed by atoms with E-state index >= 15 is 0 Å². The molecular formula is C8H7BrZn-. The van der Waals surface area contributed by atoms with Crippen LogP contribution in [0.5, 0.6) is 0 Å². The molecule has 1 radical (unpaired) electrons. The van der Waals surface area contributed by atoms with Crippen LogP contribution in [0.4, 0.5) is 0 Å². The second-order valence-corrected chi connectivity index (χ2v) is 1.54. The van der Waals surface area contributed by atoms with E-state index < -0.39 is 0 Å². The van der Waals surface area contributed by atoms with Crippen LogP contribution in [0.1, 0.15) is 0 Å². The molecule has 0 bridgehead atoms. The van der Waals surface area contributed by atoms with Crippen LogP contribution in [0.25, 0.3) is 0 Å². The van der Waals surface area contributed by atoms with E-state index in [1.165, 1.54) is 0 Å². The molecule has 1 aliphatic carbocycles. The van der Waals surface area contributed by atoms with E-state index in [4.69, 9.17) is 0 Å². The Balaban J connectivity index is 0. The zero-order valence-corrected chi connectivity index (χ0v) is 10.2. The van der Waals surface area contributed by atoms with E-state index in [0.29, 0.717) is 0 Å². The summed E-state index contributed by atoms with van der Waals surface area (Å²) in [6, 6.07) is 0. The molecule has 0 aromatic heterocycles. The monoisotopic (exact) mass is 246 g/mol. The van der Waals surface area contributed by atoms with Gasteiger partial charge in [-0.1, -0.05) is 30.9 Å². The summed E-state index contributed by atoms with van der Waals surface area (Å²) in [5.41, 5.74) is 3.83. The molecular weight excluding hydrogens is 241 g/mol. The minimum Gasteiger partial charge on any atom is -1.00 e. The van der Waals surface area contributed by atoms with Gasteiger partial charge in [0.2, 0.25) is 0 Å². The fourth-order valence-electron chi connectivity index (χ4n) is 0.556. The maximum atomic E-state index is 3.51. The van der Waals surface area contributed by atoms with Gasteiger partial charge in [-0.15, -0.1) is 5.73 Å². The first-order valence-corrected chi connectivity index (χ1v) is 2.51. The van der Waals surface area contributed by atoms with Gasteiger partial charge in [-0.2, -0.15) is 0 Å². The molecule has 0 aliphatic heterocycles. The number of halogens is 1. The second kappa shape index (κ2) is 7.21. The predicted octanol–water partition coefficient (Wildman–Crippen LogP) is -0.971. The Morgan fingerprint density at radius 3 is 2.20 bits per heavy atom. The van der Waals surface area contributed by atoms with Gasteiger partial charge in [-0.05, 0) is 0 Å². The van der Waals surface area contributed by atoms with Crippen LogP contribution in [0.2, 0.25) is 0 Å². The van der Waals surface area contributed by atoms with Crippen LogP contribution < -0.4 is 17.0 Å². The van der Waals surface area contributed by atoms with Crippen LogP contribution in [-0.2, 0) is 19.5 Å². The molecule has 0 unspecified atom stereocenters. The van der Waals surface area contributed by atoms with Gasteiger partial charge in [0.25, 0.3) is 0 Å². The summed E-state index contributed by atoms with van der Waals surface area (Å²) in [6.07, 6.45) is 9.84. The first kappa shape index (κ1) is 12.8. The Morgan fingerprint density at radius 1 is 1.20 bits per heavy atom. The maximum Gasteiger partial charge on any atom is 0.0204 e. The fraction of sp³-hybridized carbons (Fsp3) is 0. The van der Waals surface area contributed by atoms with Crippen LogP contribution >= 0.6 is 0 Å². The van der Waals surface area contributed by atoms with Crippen LogP contribution in [0.3, 0.4) is 0 Å². The molecule has 0 saturated heterocycles. The van der Waals surface area contributed by atoms with E-state index in [9.17, 15) is 0 Å². The van der Waals surface area contributed by atoms with Crippen molar-refractivity contribution < 1.29 is 36.5 Å². The Morgan fingerprint density at radius 2 is 1.90 bits per heavy atom. The summed E-state index contributed by atoms with van der Waals surface area (Å²) in [5.74, 6) is 0. The first-order chi connectivity index (χ1) is 3.93. The number of allylic oxidation sites excluding steroid dienone is 5. The summed E-state index contributed by atoms with van der Waals surface area (Å²) in [7, 11) is 0. The van der Waals surface area contributed by atoms with Crippen molar-refractivity contribution in [2.24, 2.45) is 0 Å². The van der Waals surface area contributed by atoms with Crippen molar-refractivity contribution in [3.8, 4) is 0 Å². The van der Waals surface area contributed by atoms with Gasteiger partial charge in [0.05, 0.1) is 0 Å². The molecule has 0 nitrogen and oxygen atoms in total. The molecule has 0 amide bonds. The third-order valence-electron chi connectivity index (χ3n) is 0.978. The molecule has 0 N–H and O–H groups in total. The number of rotatable bonds is 0. The van der Waals surface area contributed by atoms with Crippen molar-refractivity contribution in [1.29, 1.82) is 0 Å². The Kier molecular flexibility index (Phi) is 9.20. The average Bonchev–Trinajstić information content (AvgIpc) is 1.90. The van der Waals surface area contributed by atoms with Gasteiger partial charge in [0.1, 0.15) is 0 Å². The quantitative estimate of drug-likeness (QED) is 0.382. The summed E-state index contributed by atoms with van der Waals surface area (Å²) in [6.45, 7) is 3.51. The second-order valence-electron chi connectivity index (χ2n) is 1.54. The third kappa shape index (κ3) is 4.01. The molecule has 0 spiro atoms. The van der Waals surface area contributed by atoms with Crippen molar-refractivity contribution in [2.45, 2.75) is 0 Å². The van der Waals surface area contributed by atoms with E-state index in [1.54, 1.807) is 0 Å². The fourth-order valence-corrected chi connectivity index (χ4v) is 0.556. The van der Waals surface area contributed by atoms with Crippen LogP contribution in [-0.4, -0.2) is 0 Å². The zero-order valence-electron chi connectivity index (χ0n) is 5.68. The van der Waals surface area contributed by atoms with Crippen molar-refractivity contribution >= 4 is 0 Å². The molecule has 0 atom stereocenters. The Hall–Kier alpha value is 0.103. The minimum atomic E-state index is 0. The topological polar surface area (TPSA) is 0 Å². The van der Waals surface area contributed by atoms with E-state index in [2.05, 4.69) is 12.3 Å². The summed E-state index contributed by atoms with van der Waals surface area (Å²) >= 11 is 0. The van der Waals surface area contributed by atoms with Crippen LogP contribution in [0, 0.1) is 6.42 Å². The molecule has 1 rings (SSSR count).